The van der Waals surface area contributed by atoms with Crippen LogP contribution in [0.25, 0.3) is 11.3 Å². The van der Waals surface area contributed by atoms with Crippen LogP contribution in [0.1, 0.15) is 25.7 Å². The summed E-state index contributed by atoms with van der Waals surface area (Å²) in [7, 11) is 0. The fourth-order valence-electron chi connectivity index (χ4n) is 3.31. The van der Waals surface area contributed by atoms with Gasteiger partial charge in [0.15, 0.2) is 0 Å². The fraction of sp³-hybridized carbons (Fsp3) is 0.421. The van der Waals surface area contributed by atoms with Crippen molar-refractivity contribution >= 4 is 11.7 Å². The standard InChI is InChI=1S/C19H21FN2O3/c20-15-10-13(17-2-1-8-24-17)5-6-16(15)22-19(23)21-14-7-9-25-18(11-14)12-3-4-12/h1-2,5-6,8,10,12,14,18H,3-4,7,9,11H2,(H2,21,22,23)/t14-,18-/m0/s1. The minimum absolute atomic E-state index is 0.0739. The Hall–Kier alpha value is -2.34. The van der Waals surface area contributed by atoms with Gasteiger partial charge in [-0.15, -0.1) is 0 Å². The van der Waals surface area contributed by atoms with Crippen molar-refractivity contribution in [2.45, 2.75) is 37.8 Å². The molecule has 0 unspecified atom stereocenters. The Kier molecular flexibility index (Phi) is 4.44. The first-order chi connectivity index (χ1) is 12.2. The lowest BCUT2D eigenvalue weighted by Gasteiger charge is -2.30. The monoisotopic (exact) mass is 344 g/mol. The van der Waals surface area contributed by atoms with Crippen LogP contribution >= 0.6 is 0 Å². The molecule has 1 aliphatic heterocycles. The van der Waals surface area contributed by atoms with Crippen LogP contribution in [0.2, 0.25) is 0 Å². The van der Waals surface area contributed by atoms with Crippen LogP contribution in [-0.2, 0) is 4.74 Å². The molecule has 1 saturated heterocycles. The van der Waals surface area contributed by atoms with E-state index in [9.17, 15) is 9.18 Å². The number of amides is 2. The van der Waals surface area contributed by atoms with Crippen LogP contribution in [0, 0.1) is 11.7 Å². The molecule has 1 aromatic heterocycles. The molecule has 4 rings (SSSR count). The molecule has 2 aromatic rings. The Bertz CT molecular complexity index is 743. The molecule has 2 N–H and O–H groups in total. The number of carbonyl (C=O) groups excluding carboxylic acids is 1. The number of benzene rings is 1. The minimum Gasteiger partial charge on any atom is -0.464 e. The Labute approximate surface area is 145 Å². The van der Waals surface area contributed by atoms with Gasteiger partial charge < -0.3 is 19.8 Å². The van der Waals surface area contributed by atoms with Gasteiger partial charge in [-0.2, -0.15) is 0 Å². The molecule has 2 heterocycles. The molecule has 2 amide bonds. The summed E-state index contributed by atoms with van der Waals surface area (Å²) in [5.41, 5.74) is 0.781. The summed E-state index contributed by atoms with van der Waals surface area (Å²) in [6.07, 6.45) is 5.85. The fourth-order valence-corrected chi connectivity index (χ4v) is 3.31. The van der Waals surface area contributed by atoms with E-state index in [0.717, 1.165) is 12.8 Å². The molecule has 25 heavy (non-hydrogen) atoms. The summed E-state index contributed by atoms with van der Waals surface area (Å²) >= 11 is 0. The van der Waals surface area contributed by atoms with Crippen LogP contribution in [0.3, 0.4) is 0 Å². The number of rotatable bonds is 4. The highest BCUT2D eigenvalue weighted by Crippen LogP contribution is 2.38. The summed E-state index contributed by atoms with van der Waals surface area (Å²) in [5.74, 6) is 0.745. The molecule has 2 fully saturated rings. The van der Waals surface area contributed by atoms with Gasteiger partial charge in [-0.05, 0) is 61.9 Å². The van der Waals surface area contributed by atoms with Gasteiger partial charge in [0.05, 0.1) is 18.1 Å². The molecule has 0 spiro atoms. The number of hydrogen-bond acceptors (Lipinski definition) is 3. The van der Waals surface area contributed by atoms with Crippen molar-refractivity contribution in [3.63, 3.8) is 0 Å². The average molecular weight is 344 g/mol. The summed E-state index contributed by atoms with van der Waals surface area (Å²) in [6.45, 7) is 0.665. The summed E-state index contributed by atoms with van der Waals surface area (Å²) in [5, 5.41) is 5.53. The highest BCUT2D eigenvalue weighted by molar-refractivity contribution is 5.89. The van der Waals surface area contributed by atoms with Gasteiger partial charge in [-0.1, -0.05) is 0 Å². The second kappa shape index (κ2) is 6.88. The maximum Gasteiger partial charge on any atom is 0.319 e. The van der Waals surface area contributed by atoms with Crippen molar-refractivity contribution in [1.29, 1.82) is 0 Å². The Morgan fingerprint density at radius 2 is 2.08 bits per heavy atom. The second-order valence-electron chi connectivity index (χ2n) is 6.74. The van der Waals surface area contributed by atoms with E-state index in [1.165, 1.54) is 25.2 Å². The molecule has 5 nitrogen and oxygen atoms in total. The summed E-state index contributed by atoms with van der Waals surface area (Å²) < 4.78 is 25.3. The van der Waals surface area contributed by atoms with Gasteiger partial charge in [0, 0.05) is 18.2 Å². The van der Waals surface area contributed by atoms with Crippen LogP contribution in [-0.4, -0.2) is 24.8 Å². The smallest absolute Gasteiger partial charge is 0.319 e. The number of anilines is 1. The number of ether oxygens (including phenoxy) is 1. The van der Waals surface area contributed by atoms with E-state index < -0.39 is 5.82 Å². The molecule has 1 saturated carbocycles. The molecule has 1 aliphatic carbocycles. The maximum absolute atomic E-state index is 14.3. The average Bonchev–Trinajstić information content (AvgIpc) is 3.31. The Morgan fingerprint density at radius 1 is 1.20 bits per heavy atom. The largest absolute Gasteiger partial charge is 0.464 e. The topological polar surface area (TPSA) is 63.5 Å². The first kappa shape index (κ1) is 16.1. The zero-order valence-corrected chi connectivity index (χ0v) is 13.8. The molecule has 0 radical (unpaired) electrons. The minimum atomic E-state index is -0.494. The van der Waals surface area contributed by atoms with Gasteiger partial charge in [0.25, 0.3) is 0 Å². The molecule has 1 aromatic carbocycles. The normalized spacial score (nSPS) is 23.2. The van der Waals surface area contributed by atoms with E-state index in [2.05, 4.69) is 10.6 Å². The maximum atomic E-state index is 14.3. The number of hydrogen-bond donors (Lipinski definition) is 2. The van der Waals surface area contributed by atoms with E-state index in [4.69, 9.17) is 9.15 Å². The first-order valence-corrected chi connectivity index (χ1v) is 8.71. The quantitative estimate of drug-likeness (QED) is 0.875. The molecule has 132 valence electrons. The summed E-state index contributed by atoms with van der Waals surface area (Å²) in [4.78, 5) is 12.2. The van der Waals surface area contributed by atoms with Crippen LogP contribution in [0.5, 0.6) is 0 Å². The van der Waals surface area contributed by atoms with E-state index in [1.807, 2.05) is 0 Å². The molecule has 2 atom stereocenters. The van der Waals surface area contributed by atoms with Crippen molar-refractivity contribution in [3.05, 3.63) is 42.4 Å². The van der Waals surface area contributed by atoms with Gasteiger partial charge >= 0.3 is 6.03 Å². The molecular formula is C19H21FN2O3. The van der Waals surface area contributed by atoms with Crippen molar-refractivity contribution in [2.24, 2.45) is 5.92 Å². The van der Waals surface area contributed by atoms with Crippen molar-refractivity contribution in [3.8, 4) is 11.3 Å². The lowest BCUT2D eigenvalue weighted by atomic mass is 10.0. The third kappa shape index (κ3) is 3.85. The van der Waals surface area contributed by atoms with Crippen LogP contribution < -0.4 is 10.6 Å². The molecule has 2 aliphatic rings. The van der Waals surface area contributed by atoms with Crippen molar-refractivity contribution in [2.75, 3.05) is 11.9 Å². The van der Waals surface area contributed by atoms with Crippen LogP contribution in [0.4, 0.5) is 14.9 Å². The zero-order valence-electron chi connectivity index (χ0n) is 13.8. The zero-order chi connectivity index (χ0) is 17.2. The van der Waals surface area contributed by atoms with E-state index in [0.29, 0.717) is 23.8 Å². The highest BCUT2D eigenvalue weighted by Gasteiger charge is 2.36. The van der Waals surface area contributed by atoms with Gasteiger partial charge in [0.1, 0.15) is 11.6 Å². The van der Waals surface area contributed by atoms with E-state index in [1.54, 1.807) is 24.3 Å². The first-order valence-electron chi connectivity index (χ1n) is 8.71. The third-order valence-corrected chi connectivity index (χ3v) is 4.82. The SMILES string of the molecule is O=C(Nc1ccc(-c2ccco2)cc1F)N[C@H]1CCO[C@H](C2CC2)C1. The summed E-state index contributed by atoms with van der Waals surface area (Å²) in [6, 6.07) is 7.81. The molecular weight excluding hydrogens is 323 g/mol. The second-order valence-corrected chi connectivity index (χ2v) is 6.74. The van der Waals surface area contributed by atoms with Gasteiger partial charge in [-0.25, -0.2) is 9.18 Å². The number of halogens is 1. The third-order valence-electron chi connectivity index (χ3n) is 4.82. The number of urea groups is 1. The van der Waals surface area contributed by atoms with E-state index >= 15 is 0 Å². The van der Waals surface area contributed by atoms with Crippen molar-refractivity contribution < 1.29 is 18.3 Å². The number of furan rings is 1. The highest BCUT2D eigenvalue weighted by atomic mass is 19.1. The van der Waals surface area contributed by atoms with Gasteiger partial charge in [-0.3, -0.25) is 0 Å². The molecule has 6 heteroatoms. The predicted octanol–water partition coefficient (Wildman–Crippen LogP) is 4.16. The van der Waals surface area contributed by atoms with E-state index in [-0.39, 0.29) is 23.9 Å². The Morgan fingerprint density at radius 3 is 2.80 bits per heavy atom. The number of carbonyl (C=O) groups is 1. The van der Waals surface area contributed by atoms with Gasteiger partial charge in [0.2, 0.25) is 0 Å². The van der Waals surface area contributed by atoms with Crippen LogP contribution in [0.15, 0.2) is 41.0 Å². The van der Waals surface area contributed by atoms with Crippen molar-refractivity contribution in [1.82, 2.24) is 5.32 Å². The lowest BCUT2D eigenvalue weighted by Crippen LogP contribution is -2.44. The number of nitrogens with one attached hydrogen (secondary N) is 2. The Balaban J connectivity index is 1.35. The lowest BCUT2D eigenvalue weighted by molar-refractivity contribution is -0.00890. The molecule has 0 bridgehead atoms. The predicted molar refractivity (Wildman–Crippen MR) is 91.7 cm³/mol.